The molecule has 4 rings (SSSR count). The number of carbonyl (C=O) groups is 1. The molecule has 2 heterocycles. The zero-order valence-corrected chi connectivity index (χ0v) is 16.1. The Morgan fingerprint density at radius 3 is 2.57 bits per heavy atom. The Labute approximate surface area is 165 Å². The smallest absolute Gasteiger partial charge is 0.231 e. The van der Waals surface area contributed by atoms with Gasteiger partial charge < -0.3 is 19.1 Å². The summed E-state index contributed by atoms with van der Waals surface area (Å²) in [4.78, 5) is 15.1. The second-order valence-electron chi connectivity index (χ2n) is 7.12. The van der Waals surface area contributed by atoms with Crippen LogP contribution in [0.3, 0.4) is 0 Å². The number of Topliss-reactive ketones (excluding diaryl/α,β-unsaturated/α-hetero) is 1. The molecule has 0 atom stereocenters. The number of nitrogens with zero attached hydrogens (tertiary/aromatic N) is 1. The molecule has 0 aromatic heterocycles. The standard InChI is InChI=1S/C23H25NO4/c1-26-18-7-5-17(6-8-18)15-22-23(25)20-10-9-19(16-21(20)28-22)27-14-4-13-24-11-2-3-12-24/h5-10,15-16H,2-4,11-14H2,1H3/b22-15+. The van der Waals surface area contributed by atoms with Gasteiger partial charge in [-0.25, -0.2) is 0 Å². The van der Waals surface area contributed by atoms with Crippen LogP contribution in [-0.4, -0.2) is 44.0 Å². The van der Waals surface area contributed by atoms with Gasteiger partial charge in [0.1, 0.15) is 17.2 Å². The second-order valence-corrected chi connectivity index (χ2v) is 7.12. The van der Waals surface area contributed by atoms with E-state index in [0.717, 1.165) is 30.0 Å². The van der Waals surface area contributed by atoms with Gasteiger partial charge in [0.25, 0.3) is 0 Å². The van der Waals surface area contributed by atoms with Crippen molar-refractivity contribution < 1.29 is 19.0 Å². The zero-order chi connectivity index (χ0) is 19.3. The molecule has 0 unspecified atom stereocenters. The molecule has 2 aromatic carbocycles. The molecule has 28 heavy (non-hydrogen) atoms. The van der Waals surface area contributed by atoms with Gasteiger partial charge in [-0.3, -0.25) is 4.79 Å². The average Bonchev–Trinajstić information content (AvgIpc) is 3.34. The largest absolute Gasteiger partial charge is 0.497 e. The fourth-order valence-electron chi connectivity index (χ4n) is 3.59. The molecule has 2 aliphatic rings. The number of methoxy groups -OCH3 is 1. The van der Waals surface area contributed by atoms with E-state index in [0.29, 0.717) is 23.7 Å². The molecule has 5 nitrogen and oxygen atoms in total. The van der Waals surface area contributed by atoms with Gasteiger partial charge in [0, 0.05) is 12.6 Å². The summed E-state index contributed by atoms with van der Waals surface area (Å²) in [5.74, 6) is 2.29. The van der Waals surface area contributed by atoms with E-state index in [-0.39, 0.29) is 5.78 Å². The summed E-state index contributed by atoms with van der Waals surface area (Å²) in [7, 11) is 1.62. The quantitative estimate of drug-likeness (QED) is 0.534. The number of ketones is 1. The molecule has 2 aromatic rings. The minimum atomic E-state index is -0.105. The van der Waals surface area contributed by atoms with Crippen LogP contribution in [0.5, 0.6) is 17.2 Å². The topological polar surface area (TPSA) is 48.0 Å². The third-order valence-electron chi connectivity index (χ3n) is 5.14. The van der Waals surface area contributed by atoms with Crippen molar-refractivity contribution in [3.8, 4) is 17.2 Å². The molecule has 0 bridgehead atoms. The van der Waals surface area contributed by atoms with Crippen LogP contribution >= 0.6 is 0 Å². The molecular formula is C23H25NO4. The monoisotopic (exact) mass is 379 g/mol. The Morgan fingerprint density at radius 1 is 1.07 bits per heavy atom. The molecule has 0 radical (unpaired) electrons. The lowest BCUT2D eigenvalue weighted by atomic mass is 10.1. The van der Waals surface area contributed by atoms with E-state index in [9.17, 15) is 4.79 Å². The van der Waals surface area contributed by atoms with Crippen molar-refractivity contribution in [1.29, 1.82) is 0 Å². The lowest BCUT2D eigenvalue weighted by Crippen LogP contribution is -2.21. The molecule has 0 N–H and O–H groups in total. The van der Waals surface area contributed by atoms with Crippen molar-refractivity contribution in [2.24, 2.45) is 0 Å². The second kappa shape index (κ2) is 8.48. The number of fused-ring (bicyclic) bond motifs is 1. The van der Waals surface area contributed by atoms with Crippen LogP contribution in [0.2, 0.25) is 0 Å². The number of benzene rings is 2. The number of allylic oxidation sites excluding steroid dienone is 1. The number of hydrogen-bond donors (Lipinski definition) is 0. The van der Waals surface area contributed by atoms with Crippen molar-refractivity contribution in [2.75, 3.05) is 33.4 Å². The lowest BCUT2D eigenvalue weighted by Gasteiger charge is -2.14. The van der Waals surface area contributed by atoms with E-state index in [1.807, 2.05) is 30.3 Å². The maximum atomic E-state index is 12.6. The molecule has 0 saturated carbocycles. The summed E-state index contributed by atoms with van der Waals surface area (Å²) in [5, 5.41) is 0. The number of likely N-dealkylation sites (tertiary alicyclic amines) is 1. The Morgan fingerprint density at radius 2 is 1.82 bits per heavy atom. The number of carbonyl (C=O) groups excluding carboxylic acids is 1. The van der Waals surface area contributed by atoms with Gasteiger partial charge in [-0.1, -0.05) is 12.1 Å². The highest BCUT2D eigenvalue weighted by Crippen LogP contribution is 2.35. The summed E-state index contributed by atoms with van der Waals surface area (Å²) in [5.41, 5.74) is 1.46. The molecule has 2 aliphatic heterocycles. The van der Waals surface area contributed by atoms with Gasteiger partial charge in [-0.2, -0.15) is 0 Å². The van der Waals surface area contributed by atoms with Crippen molar-refractivity contribution in [2.45, 2.75) is 19.3 Å². The van der Waals surface area contributed by atoms with Crippen LogP contribution in [0.25, 0.3) is 6.08 Å². The SMILES string of the molecule is COc1ccc(/C=C2/Oc3cc(OCCCN4CCCC4)ccc3C2=O)cc1. The maximum absolute atomic E-state index is 12.6. The first-order chi connectivity index (χ1) is 13.7. The molecule has 0 amide bonds. The molecule has 0 aliphatic carbocycles. The highest BCUT2D eigenvalue weighted by atomic mass is 16.5. The minimum absolute atomic E-state index is 0.105. The van der Waals surface area contributed by atoms with E-state index in [1.54, 1.807) is 25.3 Å². The van der Waals surface area contributed by atoms with Crippen molar-refractivity contribution >= 4 is 11.9 Å². The fourth-order valence-corrected chi connectivity index (χ4v) is 3.59. The minimum Gasteiger partial charge on any atom is -0.497 e. The van der Waals surface area contributed by atoms with Crippen LogP contribution in [0, 0.1) is 0 Å². The fraction of sp³-hybridized carbons (Fsp3) is 0.348. The first-order valence-electron chi connectivity index (χ1n) is 9.80. The Balaban J connectivity index is 1.37. The summed E-state index contributed by atoms with van der Waals surface area (Å²) in [6.07, 6.45) is 5.37. The number of rotatable bonds is 7. The molecule has 0 spiro atoms. The van der Waals surface area contributed by atoms with E-state index >= 15 is 0 Å². The van der Waals surface area contributed by atoms with Crippen LogP contribution < -0.4 is 14.2 Å². The lowest BCUT2D eigenvalue weighted by molar-refractivity contribution is 0.101. The van der Waals surface area contributed by atoms with Crippen LogP contribution in [0.1, 0.15) is 35.2 Å². The number of ether oxygens (including phenoxy) is 3. The summed E-state index contributed by atoms with van der Waals surface area (Å²) < 4.78 is 16.8. The summed E-state index contributed by atoms with van der Waals surface area (Å²) in [6.45, 7) is 4.16. The molecule has 1 fully saturated rings. The summed E-state index contributed by atoms with van der Waals surface area (Å²) in [6, 6.07) is 12.9. The van der Waals surface area contributed by atoms with Crippen LogP contribution in [-0.2, 0) is 0 Å². The van der Waals surface area contributed by atoms with E-state index < -0.39 is 0 Å². The van der Waals surface area contributed by atoms with Crippen molar-refractivity contribution in [3.63, 3.8) is 0 Å². The number of hydrogen-bond acceptors (Lipinski definition) is 5. The first kappa shape index (κ1) is 18.6. The molecule has 5 heteroatoms. The third-order valence-corrected chi connectivity index (χ3v) is 5.14. The van der Waals surface area contributed by atoms with Gasteiger partial charge >= 0.3 is 0 Å². The summed E-state index contributed by atoms with van der Waals surface area (Å²) >= 11 is 0. The molecule has 146 valence electrons. The van der Waals surface area contributed by atoms with Gasteiger partial charge in [0.15, 0.2) is 5.76 Å². The van der Waals surface area contributed by atoms with Gasteiger partial charge in [0.2, 0.25) is 5.78 Å². The van der Waals surface area contributed by atoms with Gasteiger partial charge in [-0.05, 0) is 68.3 Å². The Hall–Kier alpha value is -2.79. The van der Waals surface area contributed by atoms with Crippen LogP contribution in [0.4, 0.5) is 0 Å². The molecular weight excluding hydrogens is 354 g/mol. The van der Waals surface area contributed by atoms with E-state index in [4.69, 9.17) is 14.2 Å². The van der Waals surface area contributed by atoms with Gasteiger partial charge in [0.05, 0.1) is 19.3 Å². The average molecular weight is 379 g/mol. The van der Waals surface area contributed by atoms with Crippen molar-refractivity contribution in [1.82, 2.24) is 4.90 Å². The zero-order valence-electron chi connectivity index (χ0n) is 16.1. The van der Waals surface area contributed by atoms with Gasteiger partial charge in [-0.15, -0.1) is 0 Å². The predicted molar refractivity (Wildman–Crippen MR) is 108 cm³/mol. The Bertz CT molecular complexity index is 867. The van der Waals surface area contributed by atoms with Crippen molar-refractivity contribution in [3.05, 3.63) is 59.4 Å². The van der Waals surface area contributed by atoms with E-state index in [1.165, 1.54) is 25.9 Å². The third kappa shape index (κ3) is 4.20. The predicted octanol–water partition coefficient (Wildman–Crippen LogP) is 4.18. The highest BCUT2D eigenvalue weighted by molar-refractivity contribution is 6.14. The van der Waals surface area contributed by atoms with E-state index in [2.05, 4.69) is 4.90 Å². The normalized spacial score (nSPS) is 17.6. The van der Waals surface area contributed by atoms with Crippen LogP contribution in [0.15, 0.2) is 48.2 Å². The maximum Gasteiger partial charge on any atom is 0.231 e. The first-order valence-corrected chi connectivity index (χ1v) is 9.80. The Kier molecular flexibility index (Phi) is 5.63. The molecule has 1 saturated heterocycles. The highest BCUT2D eigenvalue weighted by Gasteiger charge is 2.27.